The molecule has 0 spiro atoms. The predicted octanol–water partition coefficient (Wildman–Crippen LogP) is 0.666. The van der Waals surface area contributed by atoms with E-state index in [1.807, 2.05) is 0 Å². The van der Waals surface area contributed by atoms with Crippen LogP contribution < -0.4 is 0 Å². The van der Waals surface area contributed by atoms with E-state index in [1.165, 1.54) is 4.31 Å². The molecule has 1 rings (SSSR count). The van der Waals surface area contributed by atoms with Crippen molar-refractivity contribution in [1.82, 2.24) is 4.31 Å². The van der Waals surface area contributed by atoms with Gasteiger partial charge in [0.25, 0.3) is 0 Å². The number of alkyl halides is 1. The van der Waals surface area contributed by atoms with Gasteiger partial charge in [0.1, 0.15) is 0 Å². The van der Waals surface area contributed by atoms with E-state index in [4.69, 9.17) is 16.3 Å². The molecule has 1 saturated heterocycles. The standard InChI is InChI=1S/C8H16ClNO3S/c1-10(14(11,12)7-4-9)8-2-5-13-6-3-8/h8H,2-7H2,1H3. The van der Waals surface area contributed by atoms with Gasteiger partial charge >= 0.3 is 0 Å². The van der Waals surface area contributed by atoms with Gasteiger partial charge in [-0.1, -0.05) is 0 Å². The zero-order valence-electron chi connectivity index (χ0n) is 8.28. The van der Waals surface area contributed by atoms with E-state index in [0.29, 0.717) is 13.2 Å². The molecule has 1 heterocycles. The van der Waals surface area contributed by atoms with Crippen LogP contribution in [-0.2, 0) is 14.8 Å². The number of sulfonamides is 1. The van der Waals surface area contributed by atoms with Crippen LogP contribution in [0.15, 0.2) is 0 Å². The molecule has 6 heteroatoms. The van der Waals surface area contributed by atoms with Crippen LogP contribution in [0.3, 0.4) is 0 Å². The summed E-state index contributed by atoms with van der Waals surface area (Å²) in [4.78, 5) is 0. The molecule has 0 N–H and O–H groups in total. The molecular formula is C8H16ClNO3S. The van der Waals surface area contributed by atoms with Gasteiger partial charge in [0, 0.05) is 32.2 Å². The van der Waals surface area contributed by atoms with Crippen molar-refractivity contribution in [3.63, 3.8) is 0 Å². The Morgan fingerprint density at radius 2 is 2.00 bits per heavy atom. The smallest absolute Gasteiger partial charge is 0.215 e. The van der Waals surface area contributed by atoms with Crippen LogP contribution in [0.2, 0.25) is 0 Å². The van der Waals surface area contributed by atoms with E-state index in [-0.39, 0.29) is 17.7 Å². The largest absolute Gasteiger partial charge is 0.381 e. The maximum atomic E-state index is 11.6. The summed E-state index contributed by atoms with van der Waals surface area (Å²) in [7, 11) is -1.54. The monoisotopic (exact) mass is 241 g/mol. The number of hydrogen-bond donors (Lipinski definition) is 0. The lowest BCUT2D eigenvalue weighted by molar-refractivity contribution is 0.0632. The molecule has 84 valence electrons. The summed E-state index contributed by atoms with van der Waals surface area (Å²) < 4.78 is 29.9. The third-order valence-corrected chi connectivity index (χ3v) is 4.79. The first kappa shape index (κ1) is 12.2. The van der Waals surface area contributed by atoms with Gasteiger partial charge in [-0.3, -0.25) is 0 Å². The van der Waals surface area contributed by atoms with Crippen LogP contribution >= 0.6 is 11.6 Å². The predicted molar refractivity (Wildman–Crippen MR) is 56.1 cm³/mol. The summed E-state index contributed by atoms with van der Waals surface area (Å²) in [6.07, 6.45) is 1.55. The summed E-state index contributed by atoms with van der Waals surface area (Å²) in [5, 5.41) is 0. The molecule has 0 aromatic heterocycles. The first-order valence-electron chi connectivity index (χ1n) is 4.67. The molecular weight excluding hydrogens is 226 g/mol. The first-order chi connectivity index (χ1) is 6.58. The van der Waals surface area contributed by atoms with Crippen molar-refractivity contribution < 1.29 is 13.2 Å². The Kier molecular flexibility index (Phi) is 4.63. The minimum Gasteiger partial charge on any atom is -0.381 e. The molecule has 0 radical (unpaired) electrons. The molecule has 0 aromatic rings. The van der Waals surface area contributed by atoms with Gasteiger partial charge in [-0.25, -0.2) is 12.7 Å². The summed E-state index contributed by atoms with van der Waals surface area (Å²) in [6.45, 7) is 1.29. The molecule has 1 aliphatic rings. The lowest BCUT2D eigenvalue weighted by Gasteiger charge is -2.30. The molecule has 14 heavy (non-hydrogen) atoms. The highest BCUT2D eigenvalue weighted by molar-refractivity contribution is 7.89. The van der Waals surface area contributed by atoms with Crippen LogP contribution in [0.5, 0.6) is 0 Å². The fraction of sp³-hybridized carbons (Fsp3) is 1.00. The Balaban J connectivity index is 2.58. The van der Waals surface area contributed by atoms with E-state index >= 15 is 0 Å². The molecule has 1 aliphatic heterocycles. The summed E-state index contributed by atoms with van der Waals surface area (Å²) in [6, 6.07) is 0.0805. The number of rotatable bonds is 4. The van der Waals surface area contributed by atoms with Gasteiger partial charge < -0.3 is 4.74 Å². The number of ether oxygens (including phenoxy) is 1. The minimum atomic E-state index is -3.16. The molecule has 0 aliphatic carbocycles. The van der Waals surface area contributed by atoms with Gasteiger partial charge in [-0.15, -0.1) is 11.6 Å². The Bertz CT molecular complexity index is 262. The van der Waals surface area contributed by atoms with E-state index in [2.05, 4.69) is 0 Å². The molecule has 0 atom stereocenters. The average molecular weight is 242 g/mol. The van der Waals surface area contributed by atoms with Crippen LogP contribution in [-0.4, -0.2) is 50.7 Å². The van der Waals surface area contributed by atoms with E-state index < -0.39 is 10.0 Å². The second-order valence-corrected chi connectivity index (χ2v) is 5.89. The molecule has 0 unspecified atom stereocenters. The summed E-state index contributed by atoms with van der Waals surface area (Å²) >= 11 is 5.44. The van der Waals surface area contributed by atoms with E-state index in [1.54, 1.807) is 7.05 Å². The van der Waals surface area contributed by atoms with Crippen LogP contribution in [0.4, 0.5) is 0 Å². The first-order valence-corrected chi connectivity index (χ1v) is 6.81. The molecule has 4 nitrogen and oxygen atoms in total. The van der Waals surface area contributed by atoms with Crippen LogP contribution in [0, 0.1) is 0 Å². The fourth-order valence-corrected chi connectivity index (χ4v) is 3.25. The Labute approximate surface area is 90.2 Å². The summed E-state index contributed by atoms with van der Waals surface area (Å²) in [5.74, 6) is 0.165. The second kappa shape index (κ2) is 5.30. The van der Waals surface area contributed by atoms with Crippen molar-refractivity contribution in [3.05, 3.63) is 0 Å². The Morgan fingerprint density at radius 3 is 2.50 bits per heavy atom. The topological polar surface area (TPSA) is 46.6 Å². The third-order valence-electron chi connectivity index (χ3n) is 2.48. The maximum absolute atomic E-state index is 11.6. The molecule has 0 amide bonds. The van der Waals surface area contributed by atoms with Crippen molar-refractivity contribution in [2.24, 2.45) is 0 Å². The zero-order valence-corrected chi connectivity index (χ0v) is 9.85. The Hall–Kier alpha value is 0.160. The highest BCUT2D eigenvalue weighted by Crippen LogP contribution is 2.16. The number of hydrogen-bond acceptors (Lipinski definition) is 3. The van der Waals surface area contributed by atoms with Crippen LogP contribution in [0.25, 0.3) is 0 Å². The summed E-state index contributed by atoms with van der Waals surface area (Å²) in [5.41, 5.74) is 0. The minimum absolute atomic E-state index is 0.0163. The van der Waals surface area contributed by atoms with Gasteiger partial charge in [0.05, 0.1) is 5.75 Å². The third kappa shape index (κ3) is 3.08. The van der Waals surface area contributed by atoms with Gasteiger partial charge in [0.2, 0.25) is 10.0 Å². The highest BCUT2D eigenvalue weighted by atomic mass is 35.5. The average Bonchev–Trinajstić information content (AvgIpc) is 2.18. The quantitative estimate of drug-likeness (QED) is 0.680. The SMILES string of the molecule is CN(C1CCOCC1)S(=O)(=O)CCCl. The fourth-order valence-electron chi connectivity index (χ4n) is 1.52. The lowest BCUT2D eigenvalue weighted by atomic mass is 10.1. The van der Waals surface area contributed by atoms with Gasteiger partial charge in [-0.05, 0) is 12.8 Å². The Morgan fingerprint density at radius 1 is 1.43 bits per heavy atom. The van der Waals surface area contributed by atoms with Crippen molar-refractivity contribution >= 4 is 21.6 Å². The number of halogens is 1. The molecule has 1 fully saturated rings. The lowest BCUT2D eigenvalue weighted by Crippen LogP contribution is -2.41. The van der Waals surface area contributed by atoms with Crippen molar-refractivity contribution in [3.8, 4) is 0 Å². The van der Waals surface area contributed by atoms with Crippen molar-refractivity contribution in [2.75, 3.05) is 31.9 Å². The molecule has 0 aromatic carbocycles. The highest BCUT2D eigenvalue weighted by Gasteiger charge is 2.27. The van der Waals surface area contributed by atoms with Crippen molar-refractivity contribution in [2.45, 2.75) is 18.9 Å². The normalized spacial score (nSPS) is 20.2. The maximum Gasteiger partial charge on any atom is 0.215 e. The number of nitrogens with zero attached hydrogens (tertiary/aromatic N) is 1. The van der Waals surface area contributed by atoms with E-state index in [9.17, 15) is 8.42 Å². The van der Waals surface area contributed by atoms with Gasteiger partial charge in [0.15, 0.2) is 0 Å². The van der Waals surface area contributed by atoms with Crippen LogP contribution in [0.1, 0.15) is 12.8 Å². The zero-order chi connectivity index (χ0) is 10.6. The molecule has 0 saturated carbocycles. The van der Waals surface area contributed by atoms with Crippen molar-refractivity contribution in [1.29, 1.82) is 0 Å². The second-order valence-electron chi connectivity index (χ2n) is 3.36. The van der Waals surface area contributed by atoms with E-state index in [0.717, 1.165) is 12.8 Å². The van der Waals surface area contributed by atoms with Gasteiger partial charge in [-0.2, -0.15) is 0 Å². The molecule has 0 bridgehead atoms.